The minimum atomic E-state index is 0.190. The summed E-state index contributed by atoms with van der Waals surface area (Å²) in [5, 5.41) is 4.07. The topological polar surface area (TPSA) is 59.2 Å². The number of aromatic nitrogens is 2. The molecule has 0 unspecified atom stereocenters. The summed E-state index contributed by atoms with van der Waals surface area (Å²) in [4.78, 5) is 18.5. The maximum Gasteiger partial charge on any atom is 0.246 e. The lowest BCUT2D eigenvalue weighted by molar-refractivity contribution is -0.132. The van der Waals surface area contributed by atoms with E-state index in [1.807, 2.05) is 17.0 Å². The van der Waals surface area contributed by atoms with E-state index in [1.54, 1.807) is 0 Å². The van der Waals surface area contributed by atoms with Crippen molar-refractivity contribution in [2.24, 2.45) is 0 Å². The van der Waals surface area contributed by atoms with Crippen molar-refractivity contribution in [2.45, 2.75) is 58.4 Å². The Hall–Kier alpha value is -2.17. The van der Waals surface area contributed by atoms with Gasteiger partial charge in [0.2, 0.25) is 17.6 Å². The van der Waals surface area contributed by atoms with Crippen LogP contribution in [0.25, 0.3) is 11.4 Å². The second-order valence-corrected chi connectivity index (χ2v) is 6.77. The van der Waals surface area contributed by atoms with Crippen LogP contribution in [-0.2, 0) is 11.3 Å². The summed E-state index contributed by atoms with van der Waals surface area (Å²) in [5.74, 6) is 1.78. The Morgan fingerprint density at radius 1 is 1.12 bits per heavy atom. The fraction of sp³-hybridized carbons (Fsp3) is 0.526. The van der Waals surface area contributed by atoms with Gasteiger partial charge in [0.25, 0.3) is 0 Å². The molecule has 0 aliphatic carbocycles. The molecule has 1 aromatic carbocycles. The molecule has 128 valence electrons. The zero-order valence-corrected chi connectivity index (χ0v) is 14.5. The molecule has 1 saturated heterocycles. The Balaban J connectivity index is 1.69. The highest BCUT2D eigenvalue weighted by Gasteiger charge is 2.19. The van der Waals surface area contributed by atoms with Crippen LogP contribution >= 0.6 is 0 Å². The number of carbonyl (C=O) groups is 1. The molecule has 0 N–H and O–H groups in total. The van der Waals surface area contributed by atoms with Crippen LogP contribution in [0.4, 0.5) is 0 Å². The second kappa shape index (κ2) is 7.60. The molecule has 2 heterocycles. The number of likely N-dealkylation sites (tertiary alicyclic amines) is 1. The maximum absolute atomic E-state index is 12.2. The number of amides is 1. The largest absolute Gasteiger partial charge is 0.337 e. The fourth-order valence-electron chi connectivity index (χ4n) is 3.00. The zero-order valence-electron chi connectivity index (χ0n) is 14.5. The van der Waals surface area contributed by atoms with Gasteiger partial charge in [0.05, 0.1) is 6.54 Å². The van der Waals surface area contributed by atoms with Gasteiger partial charge in [0.1, 0.15) is 0 Å². The van der Waals surface area contributed by atoms with E-state index in [1.165, 1.54) is 12.0 Å². The van der Waals surface area contributed by atoms with Crippen LogP contribution in [0.5, 0.6) is 0 Å². The van der Waals surface area contributed by atoms with Crippen molar-refractivity contribution in [3.05, 3.63) is 35.7 Å². The van der Waals surface area contributed by atoms with Gasteiger partial charge in [-0.2, -0.15) is 4.98 Å². The van der Waals surface area contributed by atoms with E-state index in [4.69, 9.17) is 4.52 Å². The lowest BCUT2D eigenvalue weighted by Gasteiger charge is -2.23. The van der Waals surface area contributed by atoms with Crippen LogP contribution < -0.4 is 0 Å². The van der Waals surface area contributed by atoms with Gasteiger partial charge in [-0.25, -0.2) is 0 Å². The molecule has 1 aliphatic heterocycles. The number of hydrogen-bond acceptors (Lipinski definition) is 4. The summed E-state index contributed by atoms with van der Waals surface area (Å²) in [6.07, 6.45) is 4.98. The molecule has 24 heavy (non-hydrogen) atoms. The minimum Gasteiger partial charge on any atom is -0.337 e. The van der Waals surface area contributed by atoms with Crippen LogP contribution in [0.1, 0.15) is 63.3 Å². The van der Waals surface area contributed by atoms with Crippen LogP contribution in [0.3, 0.4) is 0 Å². The molecule has 5 nitrogen and oxygen atoms in total. The molecule has 0 saturated carbocycles. The smallest absolute Gasteiger partial charge is 0.246 e. The molecule has 1 aromatic heterocycles. The first kappa shape index (κ1) is 16.7. The molecule has 0 atom stereocenters. The second-order valence-electron chi connectivity index (χ2n) is 6.77. The van der Waals surface area contributed by atoms with Gasteiger partial charge in [0, 0.05) is 18.5 Å². The molecule has 2 aromatic rings. The van der Waals surface area contributed by atoms with Gasteiger partial charge < -0.3 is 9.42 Å². The Morgan fingerprint density at radius 2 is 1.88 bits per heavy atom. The van der Waals surface area contributed by atoms with Crippen molar-refractivity contribution in [3.8, 4) is 11.4 Å². The first-order chi connectivity index (χ1) is 11.6. The summed E-state index contributed by atoms with van der Waals surface area (Å²) in [6.45, 7) is 5.53. The SMILES string of the molecule is CC(C)c1ccc(-c2noc(CN3CCCCCCC3=O)n2)cc1. The molecule has 1 aliphatic rings. The average Bonchev–Trinajstić information content (AvgIpc) is 3.03. The minimum absolute atomic E-state index is 0.190. The van der Waals surface area contributed by atoms with E-state index in [2.05, 4.69) is 36.1 Å². The van der Waals surface area contributed by atoms with Gasteiger partial charge in [-0.1, -0.05) is 56.1 Å². The predicted octanol–water partition coefficient (Wildman–Crippen LogP) is 4.15. The van der Waals surface area contributed by atoms with Crippen molar-refractivity contribution in [1.29, 1.82) is 0 Å². The van der Waals surface area contributed by atoms with Crippen molar-refractivity contribution in [3.63, 3.8) is 0 Å². The van der Waals surface area contributed by atoms with Crippen LogP contribution in [0, 0.1) is 0 Å². The first-order valence-corrected chi connectivity index (χ1v) is 8.84. The van der Waals surface area contributed by atoms with E-state index in [0.717, 1.165) is 31.4 Å². The summed E-state index contributed by atoms with van der Waals surface area (Å²) < 4.78 is 5.36. The standard InChI is InChI=1S/C19H25N3O2/c1-14(2)15-8-10-16(11-9-15)19-20-17(24-21-19)13-22-12-6-4-3-5-7-18(22)23/h8-11,14H,3-7,12-13H2,1-2H3. The van der Waals surface area contributed by atoms with E-state index in [-0.39, 0.29) is 5.91 Å². The third kappa shape index (κ3) is 4.02. The number of rotatable bonds is 4. The highest BCUT2D eigenvalue weighted by molar-refractivity contribution is 5.76. The Kier molecular flexibility index (Phi) is 5.28. The first-order valence-electron chi connectivity index (χ1n) is 8.84. The number of carbonyl (C=O) groups excluding carboxylic acids is 1. The molecule has 5 heteroatoms. The molecule has 3 rings (SSSR count). The molecule has 0 radical (unpaired) electrons. The van der Waals surface area contributed by atoms with Crippen LogP contribution in [0.15, 0.2) is 28.8 Å². The predicted molar refractivity (Wildman–Crippen MR) is 92.3 cm³/mol. The monoisotopic (exact) mass is 327 g/mol. The van der Waals surface area contributed by atoms with Crippen LogP contribution in [-0.4, -0.2) is 27.5 Å². The van der Waals surface area contributed by atoms with Gasteiger partial charge in [0.15, 0.2) is 0 Å². The maximum atomic E-state index is 12.2. The number of nitrogens with zero attached hydrogens (tertiary/aromatic N) is 3. The third-order valence-electron chi connectivity index (χ3n) is 4.55. The number of hydrogen-bond donors (Lipinski definition) is 0. The Morgan fingerprint density at radius 3 is 2.62 bits per heavy atom. The van der Waals surface area contributed by atoms with Crippen LogP contribution in [0.2, 0.25) is 0 Å². The Labute approximate surface area is 143 Å². The van der Waals surface area contributed by atoms with E-state index in [0.29, 0.717) is 30.6 Å². The summed E-state index contributed by atoms with van der Waals surface area (Å²) in [5.41, 5.74) is 2.22. The number of benzene rings is 1. The van der Waals surface area contributed by atoms with Gasteiger partial charge in [-0.3, -0.25) is 4.79 Å². The van der Waals surface area contributed by atoms with Crippen molar-refractivity contribution in [1.82, 2.24) is 15.0 Å². The summed E-state index contributed by atoms with van der Waals surface area (Å²) >= 11 is 0. The molecule has 1 amide bonds. The summed E-state index contributed by atoms with van der Waals surface area (Å²) in [6, 6.07) is 8.23. The van der Waals surface area contributed by atoms with Crippen molar-refractivity contribution >= 4 is 5.91 Å². The van der Waals surface area contributed by atoms with Gasteiger partial charge in [-0.05, 0) is 24.3 Å². The quantitative estimate of drug-likeness (QED) is 0.846. The average molecular weight is 327 g/mol. The normalized spacial score (nSPS) is 16.3. The lowest BCUT2D eigenvalue weighted by atomic mass is 10.0. The Bertz CT molecular complexity index is 676. The molecule has 0 bridgehead atoms. The van der Waals surface area contributed by atoms with E-state index >= 15 is 0 Å². The lowest BCUT2D eigenvalue weighted by Crippen LogP contribution is -2.32. The van der Waals surface area contributed by atoms with Gasteiger partial charge >= 0.3 is 0 Å². The highest BCUT2D eigenvalue weighted by atomic mass is 16.5. The zero-order chi connectivity index (χ0) is 16.9. The van der Waals surface area contributed by atoms with Crippen molar-refractivity contribution < 1.29 is 9.32 Å². The molecule has 0 spiro atoms. The summed E-state index contributed by atoms with van der Waals surface area (Å²) in [7, 11) is 0. The highest BCUT2D eigenvalue weighted by Crippen LogP contribution is 2.21. The molecular formula is C19H25N3O2. The fourth-order valence-corrected chi connectivity index (χ4v) is 3.00. The van der Waals surface area contributed by atoms with E-state index in [9.17, 15) is 4.79 Å². The van der Waals surface area contributed by atoms with Crippen molar-refractivity contribution in [2.75, 3.05) is 6.54 Å². The molecule has 1 fully saturated rings. The van der Waals surface area contributed by atoms with Gasteiger partial charge in [-0.15, -0.1) is 0 Å². The molecular weight excluding hydrogens is 302 g/mol. The van der Waals surface area contributed by atoms with E-state index < -0.39 is 0 Å². The third-order valence-corrected chi connectivity index (χ3v) is 4.55.